The largest absolute Gasteiger partial charge is 0.507 e. The number of amides is 1. The summed E-state index contributed by atoms with van der Waals surface area (Å²) in [6, 6.07) is 13.9. The van der Waals surface area contributed by atoms with Gasteiger partial charge in [-0.25, -0.2) is 5.43 Å². The van der Waals surface area contributed by atoms with E-state index < -0.39 is 5.91 Å². The van der Waals surface area contributed by atoms with Gasteiger partial charge in [0, 0.05) is 11.6 Å². The molecule has 0 bridgehead atoms. The molecule has 0 heterocycles. The van der Waals surface area contributed by atoms with E-state index in [4.69, 9.17) is 21.1 Å². The zero-order valence-electron chi connectivity index (χ0n) is 15.4. The summed E-state index contributed by atoms with van der Waals surface area (Å²) < 4.78 is 10.7. The van der Waals surface area contributed by atoms with Crippen molar-refractivity contribution in [3.63, 3.8) is 0 Å². The summed E-state index contributed by atoms with van der Waals surface area (Å²) >= 11 is 6.24. The van der Waals surface area contributed by atoms with E-state index in [1.54, 1.807) is 24.3 Å². The number of nitrogens with zero attached hydrogens (tertiary/aromatic N) is 1. The fourth-order valence-corrected chi connectivity index (χ4v) is 2.91. The van der Waals surface area contributed by atoms with Gasteiger partial charge in [0.2, 0.25) is 0 Å². The zero-order chi connectivity index (χ0) is 20.1. The van der Waals surface area contributed by atoms with Crippen molar-refractivity contribution in [3.05, 3.63) is 64.7 Å². The summed E-state index contributed by atoms with van der Waals surface area (Å²) in [5, 5.41) is 16.1. The minimum Gasteiger partial charge on any atom is -0.507 e. The van der Waals surface area contributed by atoms with Crippen molar-refractivity contribution in [1.82, 2.24) is 5.43 Å². The Labute approximate surface area is 167 Å². The number of hydrogen-bond donors (Lipinski definition) is 2. The molecule has 0 radical (unpaired) electrons. The van der Waals surface area contributed by atoms with Crippen LogP contribution >= 0.6 is 11.6 Å². The Morgan fingerprint density at radius 2 is 1.89 bits per heavy atom. The molecule has 1 amide bonds. The number of aromatic hydroxyl groups is 1. The molecule has 144 valence electrons. The predicted molar refractivity (Wildman–Crippen MR) is 110 cm³/mol. The molecule has 3 rings (SSSR count). The van der Waals surface area contributed by atoms with Crippen LogP contribution in [0, 0.1) is 0 Å². The Kier molecular flexibility index (Phi) is 6.01. The van der Waals surface area contributed by atoms with Crippen LogP contribution in [0.1, 0.15) is 22.8 Å². The molecule has 0 atom stereocenters. The van der Waals surface area contributed by atoms with Crippen LogP contribution in [0.5, 0.6) is 17.2 Å². The smallest absolute Gasteiger partial charge is 0.275 e. The van der Waals surface area contributed by atoms with E-state index in [1.165, 1.54) is 13.3 Å². The number of nitrogens with one attached hydrogen (secondary N) is 1. The van der Waals surface area contributed by atoms with Crippen molar-refractivity contribution in [3.8, 4) is 17.2 Å². The molecule has 28 heavy (non-hydrogen) atoms. The third-order valence-electron chi connectivity index (χ3n) is 4.06. The first-order chi connectivity index (χ1) is 13.5. The summed E-state index contributed by atoms with van der Waals surface area (Å²) in [5.74, 6) is 0.379. The number of benzene rings is 3. The van der Waals surface area contributed by atoms with E-state index in [9.17, 15) is 9.90 Å². The first-order valence-electron chi connectivity index (χ1n) is 8.59. The van der Waals surface area contributed by atoms with Crippen LogP contribution in [0.3, 0.4) is 0 Å². The second kappa shape index (κ2) is 8.63. The highest BCUT2D eigenvalue weighted by Gasteiger charge is 2.12. The van der Waals surface area contributed by atoms with Gasteiger partial charge in [0.25, 0.3) is 5.91 Å². The highest BCUT2D eigenvalue weighted by atomic mass is 35.5. The Bertz CT molecular complexity index is 1050. The number of phenolic OH excluding ortho intramolecular Hbond substituents is 1. The second-order valence-corrected chi connectivity index (χ2v) is 6.28. The number of ether oxygens (including phenoxy) is 2. The lowest BCUT2D eigenvalue weighted by atomic mass is 10.1. The number of carbonyl (C=O) groups is 1. The molecule has 0 aliphatic rings. The third kappa shape index (κ3) is 4.18. The third-order valence-corrected chi connectivity index (χ3v) is 4.39. The lowest BCUT2D eigenvalue weighted by Gasteiger charge is -2.11. The molecule has 0 aliphatic carbocycles. The number of rotatable bonds is 6. The van der Waals surface area contributed by atoms with Gasteiger partial charge >= 0.3 is 0 Å². The molecule has 7 heteroatoms. The number of carbonyl (C=O) groups excluding carboxylic acids is 1. The van der Waals surface area contributed by atoms with Crippen LogP contribution in [0.4, 0.5) is 0 Å². The van der Waals surface area contributed by atoms with Gasteiger partial charge in [0.15, 0.2) is 11.5 Å². The van der Waals surface area contributed by atoms with Crippen molar-refractivity contribution >= 4 is 34.5 Å². The minimum atomic E-state index is -0.534. The molecule has 3 aromatic carbocycles. The Morgan fingerprint density at radius 3 is 2.57 bits per heavy atom. The van der Waals surface area contributed by atoms with Gasteiger partial charge in [-0.2, -0.15) is 5.10 Å². The molecule has 2 N–H and O–H groups in total. The van der Waals surface area contributed by atoms with Crippen molar-refractivity contribution in [2.24, 2.45) is 5.10 Å². The first kappa shape index (κ1) is 19.5. The van der Waals surface area contributed by atoms with Crippen LogP contribution in [-0.2, 0) is 0 Å². The van der Waals surface area contributed by atoms with E-state index in [0.29, 0.717) is 28.7 Å². The molecule has 0 spiro atoms. The van der Waals surface area contributed by atoms with Gasteiger partial charge in [-0.3, -0.25) is 4.79 Å². The summed E-state index contributed by atoms with van der Waals surface area (Å²) in [6.45, 7) is 2.34. The fraction of sp³-hybridized carbons (Fsp3) is 0.143. The summed E-state index contributed by atoms with van der Waals surface area (Å²) in [6.07, 6.45) is 1.40. The average molecular weight is 399 g/mol. The van der Waals surface area contributed by atoms with Gasteiger partial charge < -0.3 is 14.6 Å². The number of halogens is 1. The van der Waals surface area contributed by atoms with Crippen molar-refractivity contribution in [1.29, 1.82) is 0 Å². The Morgan fingerprint density at radius 1 is 1.18 bits per heavy atom. The van der Waals surface area contributed by atoms with E-state index in [0.717, 1.165) is 10.8 Å². The van der Waals surface area contributed by atoms with Crippen molar-refractivity contribution in [2.75, 3.05) is 13.7 Å². The van der Waals surface area contributed by atoms with Crippen LogP contribution in [-0.4, -0.2) is 30.9 Å². The summed E-state index contributed by atoms with van der Waals surface area (Å²) in [5.41, 5.74) is 3.07. The SMILES string of the molecule is CCOc1cc(Cl)c(C=NNC(=O)c2cc3ccccc3cc2O)cc1OC. The standard InChI is InChI=1S/C21H19ClN2O4/c1-3-28-20-11-17(22)15(10-19(20)27-2)12-23-24-21(26)16-8-13-6-4-5-7-14(13)9-18(16)25/h4-12,25H,3H2,1-2H3,(H,24,26). The van der Waals surface area contributed by atoms with E-state index in [2.05, 4.69) is 10.5 Å². The van der Waals surface area contributed by atoms with Gasteiger partial charge in [0.1, 0.15) is 5.75 Å². The maximum absolute atomic E-state index is 12.4. The second-order valence-electron chi connectivity index (χ2n) is 5.87. The van der Waals surface area contributed by atoms with Crippen LogP contribution in [0.15, 0.2) is 53.6 Å². The van der Waals surface area contributed by atoms with Crippen LogP contribution in [0.25, 0.3) is 10.8 Å². The molecule has 3 aromatic rings. The highest BCUT2D eigenvalue weighted by molar-refractivity contribution is 6.33. The molecular formula is C21H19ClN2O4. The number of phenols is 1. The molecule has 0 aliphatic heterocycles. The molecule has 0 aromatic heterocycles. The van der Waals surface area contributed by atoms with Crippen LogP contribution < -0.4 is 14.9 Å². The Hall–Kier alpha value is -3.25. The van der Waals surface area contributed by atoms with E-state index >= 15 is 0 Å². The predicted octanol–water partition coefficient (Wildman–Crippen LogP) is 4.37. The number of hydrazone groups is 1. The zero-order valence-corrected chi connectivity index (χ0v) is 16.2. The minimum absolute atomic E-state index is 0.118. The fourth-order valence-electron chi connectivity index (χ4n) is 2.71. The molecule has 0 fully saturated rings. The molecular weight excluding hydrogens is 380 g/mol. The van der Waals surface area contributed by atoms with Gasteiger partial charge in [0.05, 0.1) is 30.5 Å². The van der Waals surface area contributed by atoms with Gasteiger partial charge in [-0.05, 0) is 35.9 Å². The number of hydrogen-bond acceptors (Lipinski definition) is 5. The lowest BCUT2D eigenvalue weighted by molar-refractivity contribution is 0.0952. The van der Waals surface area contributed by atoms with Crippen LogP contribution in [0.2, 0.25) is 5.02 Å². The number of fused-ring (bicyclic) bond motifs is 1. The summed E-state index contributed by atoms with van der Waals surface area (Å²) in [7, 11) is 1.52. The van der Waals surface area contributed by atoms with Gasteiger partial charge in [-0.15, -0.1) is 0 Å². The van der Waals surface area contributed by atoms with Crippen molar-refractivity contribution < 1.29 is 19.4 Å². The summed E-state index contributed by atoms with van der Waals surface area (Å²) in [4.78, 5) is 12.4. The van der Waals surface area contributed by atoms with Gasteiger partial charge in [-0.1, -0.05) is 35.9 Å². The number of methoxy groups -OCH3 is 1. The highest BCUT2D eigenvalue weighted by Crippen LogP contribution is 2.32. The maximum Gasteiger partial charge on any atom is 0.275 e. The lowest BCUT2D eigenvalue weighted by Crippen LogP contribution is -2.17. The van der Waals surface area contributed by atoms with Crippen molar-refractivity contribution in [2.45, 2.75) is 6.92 Å². The molecule has 6 nitrogen and oxygen atoms in total. The molecule has 0 saturated carbocycles. The van der Waals surface area contributed by atoms with E-state index in [-0.39, 0.29) is 11.3 Å². The molecule has 0 saturated heterocycles. The Balaban J connectivity index is 1.79. The molecule has 0 unspecified atom stereocenters. The topological polar surface area (TPSA) is 80.2 Å². The average Bonchev–Trinajstić information content (AvgIpc) is 2.69. The van der Waals surface area contributed by atoms with E-state index in [1.807, 2.05) is 31.2 Å². The first-order valence-corrected chi connectivity index (χ1v) is 8.96. The quantitative estimate of drug-likeness (QED) is 0.477. The monoisotopic (exact) mass is 398 g/mol. The maximum atomic E-state index is 12.4. The normalized spacial score (nSPS) is 11.0.